The van der Waals surface area contributed by atoms with Gasteiger partial charge in [0.05, 0.1) is 18.0 Å². The predicted octanol–water partition coefficient (Wildman–Crippen LogP) is 1.08. The van der Waals surface area contributed by atoms with Crippen molar-refractivity contribution >= 4 is 17.3 Å². The van der Waals surface area contributed by atoms with E-state index >= 15 is 0 Å². The van der Waals surface area contributed by atoms with Gasteiger partial charge in [0.2, 0.25) is 5.91 Å². The molecule has 3 rings (SSSR count). The molecule has 1 saturated heterocycles. The molecule has 0 aliphatic carbocycles. The van der Waals surface area contributed by atoms with Crippen molar-refractivity contribution in [3.05, 3.63) is 47.9 Å². The molecule has 3 atom stereocenters. The van der Waals surface area contributed by atoms with E-state index in [1.807, 2.05) is 37.3 Å². The average molecular weight is 342 g/mol. The fourth-order valence-corrected chi connectivity index (χ4v) is 3.62. The van der Waals surface area contributed by atoms with Gasteiger partial charge in [0.15, 0.2) is 5.78 Å². The second kappa shape index (κ2) is 7.91. The summed E-state index contributed by atoms with van der Waals surface area (Å²) in [6, 6.07) is 9.08. The van der Waals surface area contributed by atoms with E-state index in [2.05, 4.69) is 16.7 Å². The molecule has 6 nitrogen and oxygen atoms in total. The van der Waals surface area contributed by atoms with E-state index in [1.54, 1.807) is 5.48 Å². The van der Waals surface area contributed by atoms with E-state index in [-0.39, 0.29) is 11.8 Å². The number of carbonyl (C=O) groups is 2. The minimum atomic E-state index is -0.594. The minimum Gasteiger partial charge on any atom is -0.306 e. The van der Waals surface area contributed by atoms with Crippen LogP contribution in [0.25, 0.3) is 5.57 Å². The van der Waals surface area contributed by atoms with Crippen LogP contribution in [0.4, 0.5) is 0 Å². The summed E-state index contributed by atoms with van der Waals surface area (Å²) in [5, 5.41) is 15.4. The van der Waals surface area contributed by atoms with Gasteiger partial charge in [0.1, 0.15) is 0 Å². The van der Waals surface area contributed by atoms with Crippen LogP contribution in [0.3, 0.4) is 0 Å². The maximum absolute atomic E-state index is 13.0. The molecule has 0 spiro atoms. The summed E-state index contributed by atoms with van der Waals surface area (Å²) in [5.41, 5.74) is 3.96. The Balaban J connectivity index is 1.73. The lowest BCUT2D eigenvalue weighted by molar-refractivity contribution is -0.139. The highest BCUT2D eigenvalue weighted by Gasteiger charge is 2.40. The zero-order chi connectivity index (χ0) is 17.8. The van der Waals surface area contributed by atoms with E-state index in [4.69, 9.17) is 5.21 Å². The van der Waals surface area contributed by atoms with E-state index in [0.29, 0.717) is 25.9 Å². The molecule has 0 aromatic heterocycles. The lowest BCUT2D eigenvalue weighted by Gasteiger charge is -2.36. The van der Waals surface area contributed by atoms with Crippen LogP contribution >= 0.6 is 0 Å². The largest absolute Gasteiger partial charge is 0.306 e. The zero-order valence-corrected chi connectivity index (χ0v) is 14.3. The summed E-state index contributed by atoms with van der Waals surface area (Å²) in [6.45, 7) is 3.18. The standard InChI is InChI=1S/C19H24N3O3/c1-12-9-15(19(24)22-25)17(21-11-12)18(23)16-10-14(7-8-20-16)13-5-3-2-4-6-13/h2-7,15-17,20-21,25H,8-11H2,1H3,(H,22,24)/t15-,16?,17-/m0/s1. The Morgan fingerprint density at radius 1 is 1.16 bits per heavy atom. The maximum atomic E-state index is 13.0. The predicted molar refractivity (Wildman–Crippen MR) is 94.6 cm³/mol. The first-order valence-corrected chi connectivity index (χ1v) is 8.60. The number of rotatable bonds is 4. The summed E-state index contributed by atoms with van der Waals surface area (Å²) in [7, 11) is 0. The summed E-state index contributed by atoms with van der Waals surface area (Å²) < 4.78 is 0. The van der Waals surface area contributed by atoms with Gasteiger partial charge in [-0.2, -0.15) is 0 Å². The summed E-state index contributed by atoms with van der Waals surface area (Å²) in [6.07, 6.45) is 3.20. The number of benzene rings is 1. The molecular weight excluding hydrogens is 318 g/mol. The summed E-state index contributed by atoms with van der Waals surface area (Å²) in [4.78, 5) is 25.0. The van der Waals surface area contributed by atoms with Gasteiger partial charge in [-0.25, -0.2) is 5.48 Å². The van der Waals surface area contributed by atoms with Crippen LogP contribution in [0, 0.1) is 11.8 Å². The van der Waals surface area contributed by atoms with Crippen molar-refractivity contribution in [2.45, 2.75) is 31.8 Å². The molecule has 2 heterocycles. The van der Waals surface area contributed by atoms with Gasteiger partial charge in [-0.3, -0.25) is 14.8 Å². The highest BCUT2D eigenvalue weighted by Crippen LogP contribution is 2.27. The second-order valence-electron chi connectivity index (χ2n) is 6.77. The number of hydrogen-bond acceptors (Lipinski definition) is 5. The van der Waals surface area contributed by atoms with E-state index in [9.17, 15) is 9.59 Å². The van der Waals surface area contributed by atoms with Crippen molar-refractivity contribution in [3.63, 3.8) is 0 Å². The number of piperidine rings is 1. The fourth-order valence-electron chi connectivity index (χ4n) is 3.62. The number of amides is 1. The number of hydroxylamine groups is 1. The van der Waals surface area contributed by atoms with Gasteiger partial charge in [0.25, 0.3) is 0 Å². The molecule has 1 unspecified atom stereocenters. The molecule has 1 aromatic carbocycles. The Bertz CT molecular complexity index is 659. The third kappa shape index (κ3) is 3.98. The van der Waals surface area contributed by atoms with Gasteiger partial charge in [-0.1, -0.05) is 43.3 Å². The molecule has 1 fully saturated rings. The van der Waals surface area contributed by atoms with Gasteiger partial charge in [0, 0.05) is 13.1 Å². The quantitative estimate of drug-likeness (QED) is 0.486. The molecule has 25 heavy (non-hydrogen) atoms. The molecule has 133 valence electrons. The molecule has 1 radical (unpaired) electrons. The summed E-state index contributed by atoms with van der Waals surface area (Å²) in [5.74, 6) is -0.0274. The number of carbonyl (C=O) groups excluding carboxylic acids is 2. The lowest BCUT2D eigenvalue weighted by atomic mass is 9.80. The lowest BCUT2D eigenvalue weighted by Crippen LogP contribution is -2.58. The number of Topliss-reactive ketones (excluding diaryl/α,β-unsaturated/α-hetero) is 1. The second-order valence-corrected chi connectivity index (χ2v) is 6.77. The Morgan fingerprint density at radius 3 is 2.64 bits per heavy atom. The first-order chi connectivity index (χ1) is 12.1. The van der Waals surface area contributed by atoms with Crippen LogP contribution in [0.5, 0.6) is 0 Å². The third-order valence-corrected chi connectivity index (χ3v) is 4.97. The van der Waals surface area contributed by atoms with Gasteiger partial charge in [-0.15, -0.1) is 0 Å². The molecular formula is C19H24N3O3. The SMILES string of the molecule is C[C]1CN[C@H](C(=O)C2CC(c3ccccc3)=CCN2)[C@@H](C(=O)NO)C1. The Hall–Kier alpha value is -2.02. The first-order valence-electron chi connectivity index (χ1n) is 8.60. The maximum Gasteiger partial charge on any atom is 0.248 e. The molecule has 2 aliphatic rings. The van der Waals surface area contributed by atoms with Crippen LogP contribution in [0.2, 0.25) is 0 Å². The Labute approximate surface area is 147 Å². The highest BCUT2D eigenvalue weighted by molar-refractivity contribution is 5.96. The Kier molecular flexibility index (Phi) is 5.63. The first kappa shape index (κ1) is 17.8. The van der Waals surface area contributed by atoms with Crippen LogP contribution in [-0.4, -0.2) is 42.1 Å². The van der Waals surface area contributed by atoms with Crippen molar-refractivity contribution < 1.29 is 14.8 Å². The monoisotopic (exact) mass is 342 g/mol. The normalized spacial score (nSPS) is 27.4. The molecule has 4 N–H and O–H groups in total. The van der Waals surface area contributed by atoms with Gasteiger partial charge < -0.3 is 10.6 Å². The van der Waals surface area contributed by atoms with Crippen LogP contribution in [0.1, 0.15) is 25.3 Å². The van der Waals surface area contributed by atoms with Crippen molar-refractivity contribution in [2.24, 2.45) is 5.92 Å². The topological polar surface area (TPSA) is 90.5 Å². The van der Waals surface area contributed by atoms with Crippen molar-refractivity contribution in [2.75, 3.05) is 13.1 Å². The fraction of sp³-hybridized carbons (Fsp3) is 0.421. The minimum absolute atomic E-state index is 0.0253. The van der Waals surface area contributed by atoms with Crippen molar-refractivity contribution in [3.8, 4) is 0 Å². The smallest absolute Gasteiger partial charge is 0.248 e. The van der Waals surface area contributed by atoms with E-state index < -0.39 is 17.9 Å². The average Bonchev–Trinajstić information content (AvgIpc) is 2.67. The van der Waals surface area contributed by atoms with Gasteiger partial charge in [-0.05, 0) is 29.9 Å². The molecule has 2 aliphatic heterocycles. The van der Waals surface area contributed by atoms with Crippen LogP contribution in [0.15, 0.2) is 36.4 Å². The van der Waals surface area contributed by atoms with E-state index in [1.165, 1.54) is 0 Å². The van der Waals surface area contributed by atoms with Crippen LogP contribution in [-0.2, 0) is 9.59 Å². The molecule has 6 heteroatoms. The molecule has 1 aromatic rings. The zero-order valence-electron chi connectivity index (χ0n) is 14.3. The molecule has 0 saturated carbocycles. The molecule has 0 bridgehead atoms. The Morgan fingerprint density at radius 2 is 1.92 bits per heavy atom. The summed E-state index contributed by atoms with van der Waals surface area (Å²) >= 11 is 0. The highest BCUT2D eigenvalue weighted by atomic mass is 16.5. The van der Waals surface area contributed by atoms with E-state index in [0.717, 1.165) is 17.1 Å². The molecule has 1 amide bonds. The van der Waals surface area contributed by atoms with Crippen molar-refractivity contribution in [1.29, 1.82) is 0 Å². The van der Waals surface area contributed by atoms with Crippen molar-refractivity contribution in [1.82, 2.24) is 16.1 Å². The number of hydrogen-bond donors (Lipinski definition) is 4. The third-order valence-electron chi connectivity index (χ3n) is 4.97. The number of nitrogens with one attached hydrogen (secondary N) is 3. The number of ketones is 1. The van der Waals surface area contributed by atoms with Crippen LogP contribution < -0.4 is 16.1 Å². The van der Waals surface area contributed by atoms with Gasteiger partial charge >= 0.3 is 0 Å².